The first kappa shape index (κ1) is 12.5. The lowest BCUT2D eigenvalue weighted by Gasteiger charge is -2.41. The average molecular weight is 239 g/mol. The molecule has 1 nitrogen and oxygen atoms in total. The van der Waals surface area contributed by atoms with Gasteiger partial charge in [-0.25, -0.2) is 8.78 Å². The third kappa shape index (κ3) is 2.65. The molecule has 1 aromatic rings. The molecule has 0 amide bonds. The zero-order valence-corrected chi connectivity index (χ0v) is 10.2. The van der Waals surface area contributed by atoms with E-state index in [1.165, 1.54) is 19.3 Å². The average Bonchev–Trinajstić information content (AvgIpc) is 2.28. The lowest BCUT2D eigenvalue weighted by molar-refractivity contribution is 0.123. The highest BCUT2D eigenvalue weighted by molar-refractivity contribution is 5.18. The maximum Gasteiger partial charge on any atom is 0.163 e. The lowest BCUT2D eigenvalue weighted by Crippen LogP contribution is -2.39. The van der Waals surface area contributed by atoms with Crippen LogP contribution in [0.3, 0.4) is 0 Å². The summed E-state index contributed by atoms with van der Waals surface area (Å²) >= 11 is 0. The van der Waals surface area contributed by atoms with Gasteiger partial charge in [0.15, 0.2) is 11.6 Å². The Morgan fingerprint density at radius 1 is 1.29 bits per heavy atom. The predicted octanol–water partition coefficient (Wildman–Crippen LogP) is 3.63. The standard InChI is InChI=1S/C14H19F2N/c1-2-14(7-4-8-14)10-17-9-11-5-3-6-12(15)13(11)16/h3,5-6,17H,2,4,7-10H2,1H3. The van der Waals surface area contributed by atoms with E-state index in [1.54, 1.807) is 12.1 Å². The van der Waals surface area contributed by atoms with E-state index in [1.807, 2.05) is 0 Å². The van der Waals surface area contributed by atoms with E-state index >= 15 is 0 Å². The smallest absolute Gasteiger partial charge is 0.163 e. The third-order valence-electron chi connectivity index (χ3n) is 4.01. The Kier molecular flexibility index (Phi) is 3.77. The van der Waals surface area contributed by atoms with Gasteiger partial charge in [0.1, 0.15) is 0 Å². The quantitative estimate of drug-likeness (QED) is 0.827. The van der Waals surface area contributed by atoms with Crippen LogP contribution in [0.2, 0.25) is 0 Å². The van der Waals surface area contributed by atoms with Crippen molar-refractivity contribution in [3.8, 4) is 0 Å². The molecule has 94 valence electrons. The summed E-state index contributed by atoms with van der Waals surface area (Å²) in [5, 5.41) is 3.26. The molecule has 0 heterocycles. The summed E-state index contributed by atoms with van der Waals surface area (Å²) in [6, 6.07) is 4.33. The fourth-order valence-corrected chi connectivity index (χ4v) is 2.48. The number of rotatable bonds is 5. The summed E-state index contributed by atoms with van der Waals surface area (Å²) in [6.45, 7) is 3.51. The van der Waals surface area contributed by atoms with Gasteiger partial charge in [-0.3, -0.25) is 0 Å². The van der Waals surface area contributed by atoms with Crippen LogP contribution in [0.15, 0.2) is 18.2 Å². The van der Waals surface area contributed by atoms with E-state index in [0.29, 0.717) is 17.5 Å². The van der Waals surface area contributed by atoms with E-state index < -0.39 is 11.6 Å². The fraction of sp³-hybridized carbons (Fsp3) is 0.571. The van der Waals surface area contributed by atoms with Gasteiger partial charge in [-0.2, -0.15) is 0 Å². The van der Waals surface area contributed by atoms with E-state index in [0.717, 1.165) is 19.0 Å². The highest BCUT2D eigenvalue weighted by Crippen LogP contribution is 2.43. The number of hydrogen-bond donors (Lipinski definition) is 1. The Balaban J connectivity index is 1.88. The monoisotopic (exact) mass is 239 g/mol. The van der Waals surface area contributed by atoms with Gasteiger partial charge in [0, 0.05) is 18.7 Å². The number of nitrogens with one attached hydrogen (secondary N) is 1. The Morgan fingerprint density at radius 2 is 2.06 bits per heavy atom. The largest absolute Gasteiger partial charge is 0.312 e. The van der Waals surface area contributed by atoms with E-state index in [-0.39, 0.29) is 0 Å². The molecule has 1 aromatic carbocycles. The van der Waals surface area contributed by atoms with Crippen molar-refractivity contribution in [1.29, 1.82) is 0 Å². The summed E-state index contributed by atoms with van der Waals surface area (Å²) in [5.74, 6) is -1.49. The van der Waals surface area contributed by atoms with Crippen molar-refractivity contribution in [1.82, 2.24) is 5.32 Å². The van der Waals surface area contributed by atoms with Crippen LogP contribution in [-0.4, -0.2) is 6.54 Å². The highest BCUT2D eigenvalue weighted by atomic mass is 19.2. The summed E-state index contributed by atoms with van der Waals surface area (Å²) in [5.41, 5.74) is 0.819. The third-order valence-corrected chi connectivity index (χ3v) is 4.01. The van der Waals surface area contributed by atoms with Crippen LogP contribution in [0.5, 0.6) is 0 Å². The molecule has 0 saturated heterocycles. The molecule has 0 bridgehead atoms. The van der Waals surface area contributed by atoms with Gasteiger partial charge in [0.2, 0.25) is 0 Å². The Morgan fingerprint density at radius 3 is 2.65 bits per heavy atom. The summed E-state index contributed by atoms with van der Waals surface area (Å²) < 4.78 is 26.4. The second kappa shape index (κ2) is 5.13. The van der Waals surface area contributed by atoms with Gasteiger partial charge in [-0.05, 0) is 30.7 Å². The van der Waals surface area contributed by atoms with Gasteiger partial charge in [0.05, 0.1) is 0 Å². The molecule has 1 aliphatic carbocycles. The second-order valence-electron chi connectivity index (χ2n) is 5.02. The summed E-state index contributed by atoms with van der Waals surface area (Å²) in [4.78, 5) is 0. The minimum absolute atomic E-state index is 0.407. The summed E-state index contributed by atoms with van der Waals surface area (Å²) in [6.07, 6.45) is 4.96. The van der Waals surface area contributed by atoms with E-state index in [2.05, 4.69) is 12.2 Å². The molecule has 17 heavy (non-hydrogen) atoms. The minimum Gasteiger partial charge on any atom is -0.312 e. The number of halogens is 2. The first-order chi connectivity index (χ1) is 8.17. The number of hydrogen-bond acceptors (Lipinski definition) is 1. The van der Waals surface area contributed by atoms with Crippen molar-refractivity contribution in [3.63, 3.8) is 0 Å². The first-order valence-corrected chi connectivity index (χ1v) is 6.30. The first-order valence-electron chi connectivity index (χ1n) is 6.30. The van der Waals surface area contributed by atoms with Gasteiger partial charge >= 0.3 is 0 Å². The van der Waals surface area contributed by atoms with Crippen LogP contribution < -0.4 is 5.32 Å². The van der Waals surface area contributed by atoms with Crippen molar-refractivity contribution in [3.05, 3.63) is 35.4 Å². The second-order valence-corrected chi connectivity index (χ2v) is 5.02. The molecular formula is C14H19F2N. The topological polar surface area (TPSA) is 12.0 Å². The highest BCUT2D eigenvalue weighted by Gasteiger charge is 2.34. The minimum atomic E-state index is -0.766. The van der Waals surface area contributed by atoms with Crippen molar-refractivity contribution >= 4 is 0 Å². The van der Waals surface area contributed by atoms with Crippen LogP contribution in [0.4, 0.5) is 8.78 Å². The molecule has 0 aliphatic heterocycles. The molecule has 2 rings (SSSR count). The number of benzene rings is 1. The molecule has 0 spiro atoms. The van der Waals surface area contributed by atoms with E-state index in [4.69, 9.17) is 0 Å². The van der Waals surface area contributed by atoms with Gasteiger partial charge in [0.25, 0.3) is 0 Å². The van der Waals surface area contributed by atoms with Gasteiger partial charge in [-0.15, -0.1) is 0 Å². The van der Waals surface area contributed by atoms with Gasteiger partial charge in [-0.1, -0.05) is 25.5 Å². The maximum absolute atomic E-state index is 13.4. The molecular weight excluding hydrogens is 220 g/mol. The zero-order valence-electron chi connectivity index (χ0n) is 10.2. The Hall–Kier alpha value is -0.960. The van der Waals surface area contributed by atoms with Crippen molar-refractivity contribution in [2.24, 2.45) is 5.41 Å². The fourth-order valence-electron chi connectivity index (χ4n) is 2.48. The molecule has 1 saturated carbocycles. The molecule has 1 N–H and O–H groups in total. The maximum atomic E-state index is 13.4. The van der Waals surface area contributed by atoms with Crippen molar-refractivity contribution in [2.45, 2.75) is 39.2 Å². The van der Waals surface area contributed by atoms with Crippen molar-refractivity contribution in [2.75, 3.05) is 6.54 Å². The van der Waals surface area contributed by atoms with Crippen LogP contribution >= 0.6 is 0 Å². The molecule has 0 aromatic heterocycles. The molecule has 1 aliphatic rings. The Bertz CT molecular complexity index is 380. The molecule has 3 heteroatoms. The zero-order chi connectivity index (χ0) is 12.3. The van der Waals surface area contributed by atoms with Crippen LogP contribution in [0.1, 0.15) is 38.2 Å². The molecule has 0 unspecified atom stereocenters. The molecule has 0 radical (unpaired) electrons. The predicted molar refractivity (Wildman–Crippen MR) is 64.6 cm³/mol. The van der Waals surface area contributed by atoms with E-state index in [9.17, 15) is 8.78 Å². The van der Waals surface area contributed by atoms with Gasteiger partial charge < -0.3 is 5.32 Å². The Labute approximate surface area is 101 Å². The molecule has 1 fully saturated rings. The lowest BCUT2D eigenvalue weighted by atomic mass is 9.67. The summed E-state index contributed by atoms with van der Waals surface area (Å²) in [7, 11) is 0. The van der Waals surface area contributed by atoms with Crippen molar-refractivity contribution < 1.29 is 8.78 Å². The normalized spacial score (nSPS) is 17.8. The molecule has 0 atom stereocenters. The SMILES string of the molecule is CCC1(CNCc2cccc(F)c2F)CCC1. The van der Waals surface area contributed by atoms with Crippen LogP contribution in [-0.2, 0) is 6.54 Å². The van der Waals surface area contributed by atoms with Crippen LogP contribution in [0.25, 0.3) is 0 Å². The van der Waals surface area contributed by atoms with Crippen LogP contribution in [0, 0.1) is 17.0 Å².